The molecular weight excluding hydrogens is 306 g/mol. The Kier molecular flexibility index (Phi) is 4.79. The van der Waals surface area contributed by atoms with Crippen molar-refractivity contribution in [3.63, 3.8) is 0 Å². The third-order valence-electron chi connectivity index (χ3n) is 4.01. The molecule has 2 aromatic heterocycles. The van der Waals surface area contributed by atoms with Crippen LogP contribution in [0.25, 0.3) is 0 Å². The summed E-state index contributed by atoms with van der Waals surface area (Å²) in [6, 6.07) is 7.64. The fourth-order valence-corrected chi connectivity index (χ4v) is 2.84. The van der Waals surface area contributed by atoms with E-state index in [1.54, 1.807) is 6.20 Å². The van der Waals surface area contributed by atoms with Gasteiger partial charge in [0.2, 0.25) is 5.88 Å². The first kappa shape index (κ1) is 16.0. The molecule has 2 aromatic rings. The van der Waals surface area contributed by atoms with Crippen molar-refractivity contribution in [2.45, 2.75) is 6.92 Å². The lowest BCUT2D eigenvalue weighted by Gasteiger charge is -2.37. The van der Waals surface area contributed by atoms with Crippen LogP contribution in [0.3, 0.4) is 0 Å². The lowest BCUT2D eigenvalue weighted by atomic mass is 10.2. The van der Waals surface area contributed by atoms with Gasteiger partial charge in [0.1, 0.15) is 5.82 Å². The Balaban J connectivity index is 1.70. The first-order chi connectivity index (χ1) is 11.7. The Morgan fingerprint density at radius 2 is 1.96 bits per heavy atom. The summed E-state index contributed by atoms with van der Waals surface area (Å²) >= 11 is 0. The van der Waals surface area contributed by atoms with Gasteiger partial charge < -0.3 is 20.3 Å². The van der Waals surface area contributed by atoms with Crippen molar-refractivity contribution in [2.24, 2.45) is 5.73 Å². The average molecular weight is 327 g/mol. The monoisotopic (exact) mass is 327 g/mol. The fourth-order valence-electron chi connectivity index (χ4n) is 2.84. The number of carbonyl (C=O) groups excluding carboxylic acids is 1. The molecule has 126 valence electrons. The van der Waals surface area contributed by atoms with Crippen LogP contribution in [0.4, 0.5) is 11.5 Å². The largest absolute Gasteiger partial charge is 0.478 e. The molecule has 0 atom stereocenters. The molecule has 24 heavy (non-hydrogen) atoms. The van der Waals surface area contributed by atoms with E-state index in [9.17, 15) is 4.79 Å². The second-order valence-electron chi connectivity index (χ2n) is 5.50. The summed E-state index contributed by atoms with van der Waals surface area (Å²) in [7, 11) is 0. The number of carbonyl (C=O) groups is 1. The van der Waals surface area contributed by atoms with E-state index < -0.39 is 5.91 Å². The van der Waals surface area contributed by atoms with Crippen LogP contribution >= 0.6 is 0 Å². The van der Waals surface area contributed by atoms with Crippen LogP contribution < -0.4 is 20.3 Å². The summed E-state index contributed by atoms with van der Waals surface area (Å²) in [4.78, 5) is 24.5. The fraction of sp³-hybridized carbons (Fsp3) is 0.353. The van der Waals surface area contributed by atoms with Gasteiger partial charge in [-0.2, -0.15) is 4.98 Å². The molecule has 7 nitrogen and oxygen atoms in total. The lowest BCUT2D eigenvalue weighted by molar-refractivity contribution is 0.100. The van der Waals surface area contributed by atoms with Crippen LogP contribution in [-0.2, 0) is 0 Å². The van der Waals surface area contributed by atoms with Crippen LogP contribution in [-0.4, -0.2) is 48.7 Å². The number of anilines is 2. The normalized spacial score (nSPS) is 14.5. The molecule has 0 bridgehead atoms. The van der Waals surface area contributed by atoms with Gasteiger partial charge >= 0.3 is 0 Å². The predicted octanol–water partition coefficient (Wildman–Crippen LogP) is 1.30. The lowest BCUT2D eigenvalue weighted by Crippen LogP contribution is -2.47. The smallest absolute Gasteiger partial charge is 0.252 e. The summed E-state index contributed by atoms with van der Waals surface area (Å²) < 4.78 is 5.46. The van der Waals surface area contributed by atoms with Gasteiger partial charge in [0.05, 0.1) is 17.9 Å². The third kappa shape index (κ3) is 3.40. The number of piperazine rings is 1. The number of amides is 1. The van der Waals surface area contributed by atoms with E-state index in [0.717, 1.165) is 37.7 Å². The van der Waals surface area contributed by atoms with Crippen molar-refractivity contribution in [2.75, 3.05) is 42.6 Å². The first-order valence-electron chi connectivity index (χ1n) is 8.02. The topological polar surface area (TPSA) is 84.6 Å². The van der Waals surface area contributed by atoms with E-state index in [1.807, 2.05) is 31.2 Å². The molecule has 0 spiro atoms. The average Bonchev–Trinajstić information content (AvgIpc) is 2.62. The van der Waals surface area contributed by atoms with E-state index in [-0.39, 0.29) is 0 Å². The van der Waals surface area contributed by atoms with Crippen LogP contribution in [0, 0.1) is 0 Å². The summed E-state index contributed by atoms with van der Waals surface area (Å²) in [5.41, 5.74) is 6.75. The number of ether oxygens (including phenoxy) is 1. The quantitative estimate of drug-likeness (QED) is 0.891. The molecule has 2 N–H and O–H groups in total. The molecular formula is C17H21N5O2. The van der Waals surface area contributed by atoms with E-state index in [4.69, 9.17) is 10.5 Å². The highest BCUT2D eigenvalue weighted by atomic mass is 16.5. The molecule has 0 saturated carbocycles. The van der Waals surface area contributed by atoms with Crippen LogP contribution in [0.15, 0.2) is 36.7 Å². The highest BCUT2D eigenvalue weighted by Gasteiger charge is 2.21. The van der Waals surface area contributed by atoms with Gasteiger partial charge in [0.25, 0.3) is 5.91 Å². The van der Waals surface area contributed by atoms with Crippen molar-refractivity contribution in [1.29, 1.82) is 0 Å². The van der Waals surface area contributed by atoms with Gasteiger partial charge in [-0.05, 0) is 19.1 Å². The van der Waals surface area contributed by atoms with Crippen molar-refractivity contribution < 1.29 is 9.53 Å². The highest BCUT2D eigenvalue weighted by molar-refractivity contribution is 5.98. The minimum Gasteiger partial charge on any atom is -0.478 e. The summed E-state index contributed by atoms with van der Waals surface area (Å²) in [6.07, 6.45) is 3.21. The Hall–Kier alpha value is -2.83. The number of pyridine rings is 2. The number of aromatic nitrogens is 2. The number of primary amides is 1. The highest BCUT2D eigenvalue weighted by Crippen LogP contribution is 2.23. The molecule has 1 saturated heterocycles. The number of nitrogens with zero attached hydrogens (tertiary/aromatic N) is 4. The van der Waals surface area contributed by atoms with Crippen molar-refractivity contribution in [1.82, 2.24) is 9.97 Å². The van der Waals surface area contributed by atoms with Crippen LogP contribution in [0.5, 0.6) is 5.88 Å². The zero-order valence-electron chi connectivity index (χ0n) is 13.7. The number of nitrogens with two attached hydrogens (primary N) is 1. The second kappa shape index (κ2) is 7.16. The SMILES string of the molecule is CCOc1cccc(N2CCN(c3ccncc3C(N)=O)CC2)n1. The van der Waals surface area contributed by atoms with Gasteiger partial charge in [-0.1, -0.05) is 6.07 Å². The number of rotatable bonds is 5. The standard InChI is InChI=1S/C17H21N5O2/c1-2-24-16-5-3-4-15(20-16)22-10-8-21(9-11-22)14-6-7-19-12-13(14)17(18)23/h3-7,12H,2,8-11H2,1H3,(H2,18,23). The Morgan fingerprint density at radius 1 is 1.21 bits per heavy atom. The van der Waals surface area contributed by atoms with Gasteiger partial charge in [0.15, 0.2) is 0 Å². The third-order valence-corrected chi connectivity index (χ3v) is 4.01. The molecule has 0 radical (unpaired) electrons. The maximum absolute atomic E-state index is 11.6. The molecule has 1 fully saturated rings. The minimum atomic E-state index is -0.452. The maximum atomic E-state index is 11.6. The van der Waals surface area contributed by atoms with E-state index in [2.05, 4.69) is 19.8 Å². The molecule has 0 aromatic carbocycles. The second-order valence-corrected chi connectivity index (χ2v) is 5.50. The minimum absolute atomic E-state index is 0.452. The summed E-state index contributed by atoms with van der Waals surface area (Å²) in [6.45, 7) is 5.72. The molecule has 3 rings (SSSR count). The molecule has 3 heterocycles. The van der Waals surface area contributed by atoms with Gasteiger partial charge in [0, 0.05) is 44.6 Å². The first-order valence-corrected chi connectivity index (χ1v) is 8.02. The van der Waals surface area contributed by atoms with Gasteiger partial charge in [-0.3, -0.25) is 9.78 Å². The Bertz CT molecular complexity index is 714. The van der Waals surface area contributed by atoms with Crippen molar-refractivity contribution >= 4 is 17.4 Å². The Labute approximate surface area is 141 Å². The van der Waals surface area contributed by atoms with Crippen molar-refractivity contribution in [3.05, 3.63) is 42.2 Å². The number of hydrogen-bond donors (Lipinski definition) is 1. The molecule has 7 heteroatoms. The zero-order valence-corrected chi connectivity index (χ0v) is 13.7. The van der Waals surface area contributed by atoms with E-state index in [1.165, 1.54) is 6.20 Å². The van der Waals surface area contributed by atoms with E-state index in [0.29, 0.717) is 18.1 Å². The molecule has 1 aliphatic heterocycles. The van der Waals surface area contributed by atoms with Crippen molar-refractivity contribution in [3.8, 4) is 5.88 Å². The van der Waals surface area contributed by atoms with Gasteiger partial charge in [-0.15, -0.1) is 0 Å². The van der Waals surface area contributed by atoms with Gasteiger partial charge in [-0.25, -0.2) is 0 Å². The molecule has 0 unspecified atom stereocenters. The maximum Gasteiger partial charge on any atom is 0.252 e. The summed E-state index contributed by atoms with van der Waals surface area (Å²) in [5.74, 6) is 1.10. The van der Waals surface area contributed by atoms with Crippen LogP contribution in [0.2, 0.25) is 0 Å². The molecule has 1 aliphatic rings. The molecule has 1 amide bonds. The zero-order chi connectivity index (χ0) is 16.9. The molecule has 0 aliphatic carbocycles. The number of hydrogen-bond acceptors (Lipinski definition) is 6. The van der Waals surface area contributed by atoms with Crippen LogP contribution in [0.1, 0.15) is 17.3 Å². The van der Waals surface area contributed by atoms with E-state index >= 15 is 0 Å². The summed E-state index contributed by atoms with van der Waals surface area (Å²) in [5, 5.41) is 0. The Morgan fingerprint density at radius 3 is 2.67 bits per heavy atom. The predicted molar refractivity (Wildman–Crippen MR) is 92.6 cm³/mol.